The van der Waals surface area contributed by atoms with E-state index in [4.69, 9.17) is 4.98 Å². The van der Waals surface area contributed by atoms with Gasteiger partial charge in [0, 0.05) is 23.4 Å². The van der Waals surface area contributed by atoms with Gasteiger partial charge in [0.2, 0.25) is 0 Å². The van der Waals surface area contributed by atoms with Crippen LogP contribution in [0.4, 0.5) is 0 Å². The summed E-state index contributed by atoms with van der Waals surface area (Å²) in [4.78, 5) is 7.50. The molecule has 0 radical (unpaired) electrons. The fraction of sp³-hybridized carbons (Fsp3) is 0.812. The highest BCUT2D eigenvalue weighted by Gasteiger charge is 2.23. The third-order valence-corrected chi connectivity index (χ3v) is 5.21. The van der Waals surface area contributed by atoms with Gasteiger partial charge in [-0.15, -0.1) is 11.3 Å². The number of nitrogens with one attached hydrogen (secondary N) is 1. The van der Waals surface area contributed by atoms with Crippen molar-refractivity contribution in [3.8, 4) is 0 Å². The van der Waals surface area contributed by atoms with E-state index in [1.807, 2.05) is 11.3 Å². The largest absolute Gasteiger partial charge is 0.317 e. The molecule has 0 aromatic carbocycles. The quantitative estimate of drug-likeness (QED) is 0.902. The Kier molecular flexibility index (Phi) is 5.58. The maximum absolute atomic E-state index is 4.86. The van der Waals surface area contributed by atoms with E-state index in [-0.39, 0.29) is 5.41 Å². The molecule has 2 rings (SSSR count). The van der Waals surface area contributed by atoms with Crippen LogP contribution in [0, 0.1) is 0 Å². The minimum atomic E-state index is 0.174. The minimum absolute atomic E-state index is 0.174. The van der Waals surface area contributed by atoms with Gasteiger partial charge in [0.1, 0.15) is 0 Å². The molecule has 1 aliphatic heterocycles. The molecule has 1 aliphatic rings. The SMILES string of the molecule is CCCN(Cc1csc(C(C)(C)C)n1)C1CCNCC1. The van der Waals surface area contributed by atoms with Crippen LogP contribution >= 0.6 is 11.3 Å². The molecule has 0 amide bonds. The van der Waals surface area contributed by atoms with E-state index in [0.717, 1.165) is 25.7 Å². The van der Waals surface area contributed by atoms with Crippen molar-refractivity contribution < 1.29 is 0 Å². The van der Waals surface area contributed by atoms with Crippen LogP contribution < -0.4 is 5.32 Å². The van der Waals surface area contributed by atoms with Gasteiger partial charge in [-0.25, -0.2) is 4.98 Å². The molecule has 1 N–H and O–H groups in total. The van der Waals surface area contributed by atoms with Crippen molar-refractivity contribution in [1.29, 1.82) is 0 Å². The highest BCUT2D eigenvalue weighted by molar-refractivity contribution is 7.09. The molecule has 2 heterocycles. The zero-order valence-electron chi connectivity index (χ0n) is 13.4. The monoisotopic (exact) mass is 295 g/mol. The molecule has 3 nitrogen and oxygen atoms in total. The summed E-state index contributed by atoms with van der Waals surface area (Å²) in [5, 5.41) is 6.97. The molecule has 1 fully saturated rings. The van der Waals surface area contributed by atoms with Crippen LogP contribution in [0.15, 0.2) is 5.38 Å². The third-order valence-electron chi connectivity index (χ3n) is 3.89. The molecule has 0 aliphatic carbocycles. The third kappa shape index (κ3) is 4.27. The molecule has 0 saturated carbocycles. The summed E-state index contributed by atoms with van der Waals surface area (Å²) in [7, 11) is 0. The second kappa shape index (κ2) is 7.01. The Hall–Kier alpha value is -0.450. The first kappa shape index (κ1) is 15.9. The van der Waals surface area contributed by atoms with Gasteiger partial charge >= 0.3 is 0 Å². The second-order valence-electron chi connectivity index (χ2n) is 6.85. The standard InChI is InChI=1S/C16H29N3S/c1-5-10-19(14-6-8-17-9-7-14)11-13-12-20-15(18-13)16(2,3)4/h12,14,17H,5-11H2,1-4H3. The van der Waals surface area contributed by atoms with E-state index in [9.17, 15) is 0 Å². The number of nitrogens with zero attached hydrogens (tertiary/aromatic N) is 2. The lowest BCUT2D eigenvalue weighted by Gasteiger charge is -2.34. The molecule has 1 saturated heterocycles. The zero-order valence-corrected chi connectivity index (χ0v) is 14.2. The Morgan fingerprint density at radius 1 is 1.35 bits per heavy atom. The van der Waals surface area contributed by atoms with Crippen LogP contribution in [0.1, 0.15) is 57.7 Å². The number of thiazole rings is 1. The van der Waals surface area contributed by atoms with Gasteiger partial charge in [0.15, 0.2) is 0 Å². The summed E-state index contributed by atoms with van der Waals surface area (Å²) in [5.74, 6) is 0. The van der Waals surface area contributed by atoms with Gasteiger partial charge in [0.25, 0.3) is 0 Å². The van der Waals surface area contributed by atoms with Crippen molar-refractivity contribution >= 4 is 11.3 Å². The number of rotatable bonds is 5. The summed E-state index contributed by atoms with van der Waals surface area (Å²) in [5.41, 5.74) is 1.43. The van der Waals surface area contributed by atoms with Gasteiger partial charge in [0.05, 0.1) is 10.7 Å². The Bertz CT molecular complexity index is 402. The van der Waals surface area contributed by atoms with Crippen molar-refractivity contribution in [2.45, 2.75) is 65.0 Å². The summed E-state index contributed by atoms with van der Waals surface area (Å²) >= 11 is 1.81. The molecule has 0 unspecified atom stereocenters. The van der Waals surface area contributed by atoms with Crippen LogP contribution in [0.25, 0.3) is 0 Å². The van der Waals surface area contributed by atoms with Gasteiger partial charge in [-0.3, -0.25) is 4.90 Å². The van der Waals surface area contributed by atoms with Crippen LogP contribution in [0.2, 0.25) is 0 Å². The van der Waals surface area contributed by atoms with Crippen molar-refractivity contribution in [1.82, 2.24) is 15.2 Å². The number of hydrogen-bond donors (Lipinski definition) is 1. The Morgan fingerprint density at radius 3 is 2.60 bits per heavy atom. The summed E-state index contributed by atoms with van der Waals surface area (Å²) < 4.78 is 0. The average Bonchev–Trinajstić information content (AvgIpc) is 2.88. The molecular weight excluding hydrogens is 266 g/mol. The Balaban J connectivity index is 2.01. The molecular formula is C16H29N3S. The van der Waals surface area contributed by atoms with Crippen molar-refractivity contribution in [2.24, 2.45) is 0 Å². The summed E-state index contributed by atoms with van der Waals surface area (Å²) in [6, 6.07) is 0.732. The molecule has 1 aromatic rings. The molecule has 20 heavy (non-hydrogen) atoms. The van der Waals surface area contributed by atoms with Crippen LogP contribution in [-0.2, 0) is 12.0 Å². The first-order chi connectivity index (χ1) is 9.50. The van der Waals surface area contributed by atoms with E-state index in [1.165, 1.54) is 36.5 Å². The number of aromatic nitrogens is 1. The fourth-order valence-electron chi connectivity index (χ4n) is 2.78. The molecule has 0 bridgehead atoms. The molecule has 4 heteroatoms. The highest BCUT2D eigenvalue weighted by atomic mass is 32.1. The van der Waals surface area contributed by atoms with Crippen molar-refractivity contribution in [3.05, 3.63) is 16.1 Å². The lowest BCUT2D eigenvalue weighted by molar-refractivity contribution is 0.152. The number of piperidine rings is 1. The topological polar surface area (TPSA) is 28.2 Å². The van der Waals surface area contributed by atoms with E-state index in [0.29, 0.717) is 0 Å². The van der Waals surface area contributed by atoms with Crippen molar-refractivity contribution in [2.75, 3.05) is 19.6 Å². The molecule has 0 spiro atoms. The molecule has 0 atom stereocenters. The maximum Gasteiger partial charge on any atom is 0.0982 e. The minimum Gasteiger partial charge on any atom is -0.317 e. The van der Waals surface area contributed by atoms with Crippen LogP contribution in [0.5, 0.6) is 0 Å². The molecule has 1 aromatic heterocycles. The van der Waals surface area contributed by atoms with E-state index >= 15 is 0 Å². The van der Waals surface area contributed by atoms with E-state index < -0.39 is 0 Å². The lowest BCUT2D eigenvalue weighted by atomic mass is 9.98. The Labute approximate surface area is 127 Å². The van der Waals surface area contributed by atoms with Gasteiger partial charge in [-0.1, -0.05) is 27.7 Å². The van der Waals surface area contributed by atoms with Crippen LogP contribution in [0.3, 0.4) is 0 Å². The van der Waals surface area contributed by atoms with Crippen LogP contribution in [-0.4, -0.2) is 35.6 Å². The van der Waals surface area contributed by atoms with E-state index in [2.05, 4.69) is 43.3 Å². The van der Waals surface area contributed by atoms with Gasteiger partial charge < -0.3 is 5.32 Å². The molecule has 114 valence electrons. The number of hydrogen-bond acceptors (Lipinski definition) is 4. The predicted molar refractivity (Wildman–Crippen MR) is 87.4 cm³/mol. The zero-order chi connectivity index (χ0) is 14.6. The average molecular weight is 295 g/mol. The fourth-order valence-corrected chi connectivity index (χ4v) is 3.68. The smallest absolute Gasteiger partial charge is 0.0982 e. The Morgan fingerprint density at radius 2 is 2.05 bits per heavy atom. The second-order valence-corrected chi connectivity index (χ2v) is 7.70. The summed E-state index contributed by atoms with van der Waals surface area (Å²) in [6.07, 6.45) is 3.77. The van der Waals surface area contributed by atoms with E-state index in [1.54, 1.807) is 0 Å². The normalized spacial score (nSPS) is 17.9. The highest BCUT2D eigenvalue weighted by Crippen LogP contribution is 2.26. The first-order valence-electron chi connectivity index (χ1n) is 7.90. The van der Waals surface area contributed by atoms with Gasteiger partial charge in [-0.05, 0) is 38.9 Å². The summed E-state index contributed by atoms with van der Waals surface area (Å²) in [6.45, 7) is 13.5. The van der Waals surface area contributed by atoms with Crippen molar-refractivity contribution in [3.63, 3.8) is 0 Å². The first-order valence-corrected chi connectivity index (χ1v) is 8.78. The predicted octanol–water partition coefficient (Wildman–Crippen LogP) is 3.40. The van der Waals surface area contributed by atoms with Gasteiger partial charge in [-0.2, -0.15) is 0 Å². The maximum atomic E-state index is 4.86. The lowest BCUT2D eigenvalue weighted by Crippen LogP contribution is -2.43.